The number of nitrogens with zero attached hydrogens (tertiary/aromatic N) is 2. The Morgan fingerprint density at radius 1 is 1.47 bits per heavy atom. The number of hydrogen-bond donors (Lipinski definition) is 1. The van der Waals surface area contributed by atoms with Gasteiger partial charge in [0.1, 0.15) is 6.61 Å². The highest BCUT2D eigenvalue weighted by Crippen LogP contribution is 2.15. The molecule has 0 fully saturated rings. The average molecular weight is 279 g/mol. The van der Waals surface area contributed by atoms with Gasteiger partial charge in [-0.25, -0.2) is 0 Å². The third-order valence-electron chi connectivity index (χ3n) is 2.62. The number of likely N-dealkylation sites (N-methyl/N-ethyl adjacent to an activating group) is 1. The molecule has 0 spiro atoms. The predicted molar refractivity (Wildman–Crippen MR) is 65.9 cm³/mol. The quantitative estimate of drug-likeness (QED) is 0.790. The van der Waals surface area contributed by atoms with Crippen molar-refractivity contribution in [1.29, 1.82) is 0 Å². The van der Waals surface area contributed by atoms with Gasteiger partial charge in [-0.15, -0.1) is 0 Å². The minimum atomic E-state index is -4.26. The van der Waals surface area contributed by atoms with Crippen LogP contribution in [0.5, 0.6) is 0 Å². The number of halogens is 3. The molecule has 1 N–H and O–H groups in total. The van der Waals surface area contributed by atoms with Crippen LogP contribution in [0.4, 0.5) is 13.2 Å². The normalized spacial score (nSPS) is 13.7. The van der Waals surface area contributed by atoms with Crippen molar-refractivity contribution in [3.63, 3.8) is 0 Å². The Morgan fingerprint density at radius 3 is 2.74 bits per heavy atom. The van der Waals surface area contributed by atoms with E-state index < -0.39 is 12.8 Å². The van der Waals surface area contributed by atoms with Crippen LogP contribution in [0.15, 0.2) is 12.4 Å². The fourth-order valence-electron chi connectivity index (χ4n) is 1.79. The van der Waals surface area contributed by atoms with Crippen molar-refractivity contribution in [2.75, 3.05) is 19.8 Å². The predicted octanol–water partition coefficient (Wildman–Crippen LogP) is 1.91. The van der Waals surface area contributed by atoms with E-state index in [1.165, 1.54) is 0 Å². The Morgan fingerprint density at radius 2 is 2.21 bits per heavy atom. The molecule has 1 heterocycles. The Hall–Kier alpha value is -1.08. The maximum Gasteiger partial charge on any atom is 0.411 e. The van der Waals surface area contributed by atoms with E-state index >= 15 is 0 Å². The zero-order chi connectivity index (χ0) is 14.3. The molecule has 7 heteroatoms. The molecule has 0 aromatic carbocycles. The highest BCUT2D eigenvalue weighted by atomic mass is 19.4. The third kappa shape index (κ3) is 7.17. The number of ether oxygens (including phenoxy) is 1. The van der Waals surface area contributed by atoms with Crippen LogP contribution in [-0.4, -0.2) is 41.8 Å². The van der Waals surface area contributed by atoms with Gasteiger partial charge in [-0.05, 0) is 24.9 Å². The minimum Gasteiger partial charge on any atom is -0.370 e. The summed E-state index contributed by atoms with van der Waals surface area (Å²) in [4.78, 5) is 0. The Balaban J connectivity index is 2.31. The van der Waals surface area contributed by atoms with Crippen LogP contribution in [0.2, 0.25) is 0 Å². The maximum atomic E-state index is 12.0. The van der Waals surface area contributed by atoms with Crippen LogP contribution in [0, 0.1) is 0 Å². The molecule has 1 aromatic rings. The number of nitrogens with one attached hydrogen (secondary N) is 1. The van der Waals surface area contributed by atoms with Gasteiger partial charge in [0.25, 0.3) is 0 Å². The minimum absolute atomic E-state index is 0.0631. The van der Waals surface area contributed by atoms with Crippen LogP contribution in [0.3, 0.4) is 0 Å². The summed E-state index contributed by atoms with van der Waals surface area (Å²) in [5.74, 6) is 0. The molecule has 1 aromatic heterocycles. The highest BCUT2D eigenvalue weighted by Gasteiger charge is 2.27. The second-order valence-electron chi connectivity index (χ2n) is 4.45. The first-order valence-electron chi connectivity index (χ1n) is 6.26. The summed E-state index contributed by atoms with van der Waals surface area (Å²) < 4.78 is 42.4. The van der Waals surface area contributed by atoms with E-state index in [2.05, 4.69) is 10.4 Å². The summed E-state index contributed by atoms with van der Waals surface area (Å²) in [6.45, 7) is 1.49. The van der Waals surface area contributed by atoms with Crippen LogP contribution in [0.1, 0.15) is 18.9 Å². The first-order chi connectivity index (χ1) is 8.90. The Labute approximate surface area is 110 Å². The van der Waals surface area contributed by atoms with E-state index in [0.717, 1.165) is 18.4 Å². The van der Waals surface area contributed by atoms with Crippen LogP contribution < -0.4 is 5.32 Å². The lowest BCUT2D eigenvalue weighted by atomic mass is 10.1. The van der Waals surface area contributed by atoms with Gasteiger partial charge in [0.05, 0.1) is 12.8 Å². The number of aromatic nitrogens is 2. The van der Waals surface area contributed by atoms with Crippen molar-refractivity contribution in [2.45, 2.75) is 32.0 Å². The molecule has 0 bridgehead atoms. The first kappa shape index (κ1) is 16.0. The maximum absolute atomic E-state index is 12.0. The molecule has 0 radical (unpaired) electrons. The Kier molecular flexibility index (Phi) is 6.30. The summed E-state index contributed by atoms with van der Waals surface area (Å²) in [5.41, 5.74) is 1.07. The molecule has 19 heavy (non-hydrogen) atoms. The topological polar surface area (TPSA) is 39.1 Å². The second kappa shape index (κ2) is 7.49. The zero-order valence-electron chi connectivity index (χ0n) is 11.2. The van der Waals surface area contributed by atoms with E-state index in [1.54, 1.807) is 10.9 Å². The molecule has 1 unspecified atom stereocenters. The van der Waals surface area contributed by atoms with Crippen LogP contribution in [0.25, 0.3) is 0 Å². The van der Waals surface area contributed by atoms with E-state index in [0.29, 0.717) is 6.54 Å². The Bertz CT molecular complexity index is 365. The molecule has 1 rings (SSSR count). The summed E-state index contributed by atoms with van der Waals surface area (Å²) in [5, 5.41) is 7.18. The molecule has 0 amide bonds. The molecule has 1 atom stereocenters. The van der Waals surface area contributed by atoms with Crippen molar-refractivity contribution in [2.24, 2.45) is 7.05 Å². The monoisotopic (exact) mass is 279 g/mol. The lowest BCUT2D eigenvalue weighted by molar-refractivity contribution is -0.175. The van der Waals surface area contributed by atoms with Gasteiger partial charge in [-0.1, -0.05) is 6.92 Å². The smallest absolute Gasteiger partial charge is 0.370 e. The number of alkyl halides is 3. The number of aryl methyl sites for hydroxylation is 2. The molecule has 0 aliphatic heterocycles. The van der Waals surface area contributed by atoms with Crippen molar-refractivity contribution in [3.8, 4) is 0 Å². The lowest BCUT2D eigenvalue weighted by Crippen LogP contribution is -2.35. The number of rotatable bonds is 8. The van der Waals surface area contributed by atoms with E-state index in [9.17, 15) is 13.2 Å². The van der Waals surface area contributed by atoms with E-state index in [4.69, 9.17) is 4.74 Å². The average Bonchev–Trinajstić information content (AvgIpc) is 2.70. The van der Waals surface area contributed by atoms with Gasteiger partial charge >= 0.3 is 6.18 Å². The van der Waals surface area contributed by atoms with Gasteiger partial charge in [-0.2, -0.15) is 18.3 Å². The molecule has 4 nitrogen and oxygen atoms in total. The third-order valence-corrected chi connectivity index (χ3v) is 2.62. The van der Waals surface area contributed by atoms with Crippen LogP contribution >= 0.6 is 0 Å². The van der Waals surface area contributed by atoms with Gasteiger partial charge in [-0.3, -0.25) is 4.68 Å². The fourth-order valence-corrected chi connectivity index (χ4v) is 1.79. The summed E-state index contributed by atoms with van der Waals surface area (Å²) in [6, 6.07) is -0.0763. The van der Waals surface area contributed by atoms with E-state index in [1.807, 2.05) is 20.2 Å². The van der Waals surface area contributed by atoms with Crippen molar-refractivity contribution < 1.29 is 17.9 Å². The summed E-state index contributed by atoms with van der Waals surface area (Å²) in [6.07, 6.45) is 0.886. The molecule has 0 aliphatic rings. The van der Waals surface area contributed by atoms with Gasteiger partial charge < -0.3 is 10.1 Å². The molecule has 0 aliphatic carbocycles. The van der Waals surface area contributed by atoms with Crippen LogP contribution in [-0.2, 0) is 18.2 Å². The largest absolute Gasteiger partial charge is 0.411 e. The standard InChI is InChI=1S/C12H20F3N3O/c1-3-16-11(8-19-9-12(13,14)15)5-4-10-6-17-18(2)7-10/h6-7,11,16H,3-5,8-9H2,1-2H3. The lowest BCUT2D eigenvalue weighted by Gasteiger charge is -2.18. The molecule has 0 saturated heterocycles. The first-order valence-corrected chi connectivity index (χ1v) is 6.26. The molecule has 110 valence electrons. The van der Waals surface area contributed by atoms with Gasteiger partial charge in [0.15, 0.2) is 0 Å². The van der Waals surface area contributed by atoms with Crippen molar-refractivity contribution in [3.05, 3.63) is 18.0 Å². The summed E-state index contributed by atoms with van der Waals surface area (Å²) >= 11 is 0. The SMILES string of the molecule is CCNC(CCc1cnn(C)c1)COCC(F)(F)F. The second-order valence-corrected chi connectivity index (χ2v) is 4.45. The molecular formula is C12H20F3N3O. The zero-order valence-corrected chi connectivity index (χ0v) is 11.2. The fraction of sp³-hybridized carbons (Fsp3) is 0.750. The van der Waals surface area contributed by atoms with Gasteiger partial charge in [0, 0.05) is 19.3 Å². The highest BCUT2D eigenvalue weighted by molar-refractivity contribution is 5.03. The van der Waals surface area contributed by atoms with E-state index in [-0.39, 0.29) is 12.6 Å². The van der Waals surface area contributed by atoms with Crippen molar-refractivity contribution >= 4 is 0 Å². The molecule has 0 saturated carbocycles. The summed E-state index contributed by atoms with van der Waals surface area (Å²) in [7, 11) is 1.83. The van der Waals surface area contributed by atoms with Gasteiger partial charge in [0.2, 0.25) is 0 Å². The van der Waals surface area contributed by atoms with Crippen molar-refractivity contribution in [1.82, 2.24) is 15.1 Å². The number of hydrogen-bond acceptors (Lipinski definition) is 3. The molecular weight excluding hydrogens is 259 g/mol.